The first-order valence-electron chi connectivity index (χ1n) is 10.9. The molecule has 1 aliphatic rings. The van der Waals surface area contributed by atoms with Crippen molar-refractivity contribution < 1.29 is 0 Å². The van der Waals surface area contributed by atoms with Crippen molar-refractivity contribution in [1.82, 2.24) is 0 Å². The summed E-state index contributed by atoms with van der Waals surface area (Å²) in [6.45, 7) is 4.05. The van der Waals surface area contributed by atoms with E-state index in [2.05, 4.69) is 97.1 Å². The lowest BCUT2D eigenvalue weighted by Crippen LogP contribution is -2.28. The molecule has 31 heavy (non-hydrogen) atoms. The monoisotopic (exact) mass is 404 g/mol. The van der Waals surface area contributed by atoms with E-state index in [9.17, 15) is 0 Å². The topological polar surface area (TPSA) is 52.0 Å². The van der Waals surface area contributed by atoms with Crippen LogP contribution in [-0.4, -0.2) is 0 Å². The van der Waals surface area contributed by atoms with E-state index in [1.54, 1.807) is 0 Å². The van der Waals surface area contributed by atoms with E-state index < -0.39 is 0 Å². The summed E-state index contributed by atoms with van der Waals surface area (Å²) in [6.07, 6.45) is 0. The van der Waals surface area contributed by atoms with Gasteiger partial charge in [-0.1, -0.05) is 97.1 Å². The van der Waals surface area contributed by atoms with Gasteiger partial charge in [-0.05, 0) is 58.4 Å². The predicted molar refractivity (Wildman–Crippen MR) is 129 cm³/mol. The zero-order valence-electron chi connectivity index (χ0n) is 18.0. The zero-order chi connectivity index (χ0) is 21.6. The smallest absolute Gasteiger partial charge is 0.0713 e. The first kappa shape index (κ1) is 19.7. The lowest BCUT2D eigenvalue weighted by atomic mass is 9.67. The van der Waals surface area contributed by atoms with E-state index >= 15 is 0 Å². The third-order valence-electron chi connectivity index (χ3n) is 6.69. The summed E-state index contributed by atoms with van der Waals surface area (Å²) < 4.78 is 0. The minimum atomic E-state index is -0.375. The van der Waals surface area contributed by atoms with Gasteiger partial charge in [0, 0.05) is 12.1 Å². The molecule has 0 saturated heterocycles. The average Bonchev–Trinajstić information content (AvgIpc) is 3.11. The molecule has 154 valence electrons. The molecular formula is C29H28N2. The molecule has 0 aliphatic heterocycles. The maximum Gasteiger partial charge on any atom is 0.0713 e. The van der Waals surface area contributed by atoms with Crippen LogP contribution in [0.25, 0.3) is 11.1 Å². The van der Waals surface area contributed by atoms with Gasteiger partial charge in [0.1, 0.15) is 0 Å². The van der Waals surface area contributed by atoms with Crippen LogP contribution in [0.1, 0.15) is 59.3 Å². The van der Waals surface area contributed by atoms with Gasteiger partial charge in [-0.25, -0.2) is 0 Å². The Bertz CT molecular complexity index is 1120. The first-order chi connectivity index (χ1) is 15.0. The summed E-state index contributed by atoms with van der Waals surface area (Å²) in [7, 11) is 0. The number of fused-ring (bicyclic) bond motifs is 3. The van der Waals surface area contributed by atoms with Crippen LogP contribution < -0.4 is 11.5 Å². The molecule has 2 unspecified atom stereocenters. The maximum absolute atomic E-state index is 6.15. The Morgan fingerprint density at radius 2 is 0.871 bits per heavy atom. The van der Waals surface area contributed by atoms with Gasteiger partial charge in [0.15, 0.2) is 0 Å². The number of hydrogen-bond acceptors (Lipinski definition) is 2. The fourth-order valence-electron chi connectivity index (χ4n) is 5.10. The van der Waals surface area contributed by atoms with Crippen LogP contribution in [0, 0.1) is 0 Å². The van der Waals surface area contributed by atoms with Crippen molar-refractivity contribution in [3.05, 3.63) is 130 Å². The Morgan fingerprint density at radius 1 is 0.516 bits per heavy atom. The van der Waals surface area contributed by atoms with Crippen LogP contribution in [0.15, 0.2) is 97.1 Å². The van der Waals surface area contributed by atoms with Gasteiger partial charge in [-0.3, -0.25) is 0 Å². The van der Waals surface area contributed by atoms with Crippen LogP contribution in [0.4, 0.5) is 0 Å². The molecule has 1 aliphatic carbocycles. The highest BCUT2D eigenvalue weighted by Gasteiger charge is 2.45. The normalized spacial score (nSPS) is 15.7. The van der Waals surface area contributed by atoms with Gasteiger partial charge in [0.2, 0.25) is 0 Å². The Morgan fingerprint density at radius 3 is 1.23 bits per heavy atom. The minimum absolute atomic E-state index is 0.0125. The largest absolute Gasteiger partial charge is 0.324 e. The van der Waals surface area contributed by atoms with E-state index in [0.29, 0.717) is 0 Å². The molecule has 4 aromatic rings. The van der Waals surface area contributed by atoms with E-state index in [0.717, 1.165) is 11.1 Å². The quantitative estimate of drug-likeness (QED) is 0.381. The van der Waals surface area contributed by atoms with Crippen molar-refractivity contribution in [3.63, 3.8) is 0 Å². The minimum Gasteiger partial charge on any atom is -0.324 e. The van der Waals surface area contributed by atoms with Crippen molar-refractivity contribution in [2.45, 2.75) is 31.3 Å². The molecule has 0 bridgehead atoms. The van der Waals surface area contributed by atoms with Crippen molar-refractivity contribution in [1.29, 1.82) is 0 Å². The van der Waals surface area contributed by atoms with E-state index in [4.69, 9.17) is 11.5 Å². The van der Waals surface area contributed by atoms with Crippen molar-refractivity contribution in [3.8, 4) is 11.1 Å². The maximum atomic E-state index is 6.15. The highest BCUT2D eigenvalue weighted by molar-refractivity contribution is 5.86. The molecule has 0 aromatic heterocycles. The summed E-state index contributed by atoms with van der Waals surface area (Å²) in [5.41, 5.74) is 21.9. The molecular weight excluding hydrogens is 376 g/mol. The fourth-order valence-corrected chi connectivity index (χ4v) is 5.10. The van der Waals surface area contributed by atoms with Crippen LogP contribution in [0.5, 0.6) is 0 Å². The molecule has 4 aromatic carbocycles. The third kappa shape index (κ3) is 2.95. The Balaban J connectivity index is 1.84. The van der Waals surface area contributed by atoms with Crippen LogP contribution >= 0.6 is 0 Å². The Hall–Kier alpha value is -3.20. The summed E-state index contributed by atoms with van der Waals surface area (Å²) in [6, 6.07) is 35.3. The SMILES string of the molecule is CC(N)c1ccc(C2(c3ccc(C(C)N)cc3)c3ccccc3-c3ccccc32)cc1. The fraction of sp³-hybridized carbons (Fsp3) is 0.172. The van der Waals surface area contributed by atoms with Crippen LogP contribution in [0.3, 0.4) is 0 Å². The lowest BCUT2D eigenvalue weighted by molar-refractivity contribution is 0.757. The molecule has 0 radical (unpaired) electrons. The van der Waals surface area contributed by atoms with Gasteiger partial charge in [-0.15, -0.1) is 0 Å². The summed E-state index contributed by atoms with van der Waals surface area (Å²) in [4.78, 5) is 0. The van der Waals surface area contributed by atoms with E-state index in [1.165, 1.54) is 33.4 Å². The second kappa shape index (κ2) is 7.49. The molecule has 0 amide bonds. The van der Waals surface area contributed by atoms with Crippen LogP contribution in [0.2, 0.25) is 0 Å². The number of hydrogen-bond donors (Lipinski definition) is 2. The first-order valence-corrected chi connectivity index (χ1v) is 10.9. The molecule has 4 N–H and O–H groups in total. The van der Waals surface area contributed by atoms with Crippen molar-refractivity contribution >= 4 is 0 Å². The van der Waals surface area contributed by atoms with Crippen molar-refractivity contribution in [2.24, 2.45) is 11.5 Å². The lowest BCUT2D eigenvalue weighted by Gasteiger charge is -2.34. The highest BCUT2D eigenvalue weighted by atomic mass is 14.6. The average molecular weight is 405 g/mol. The molecule has 0 heterocycles. The molecule has 0 fully saturated rings. The molecule has 2 atom stereocenters. The van der Waals surface area contributed by atoms with Gasteiger partial charge in [0.05, 0.1) is 5.41 Å². The van der Waals surface area contributed by atoms with Gasteiger partial charge in [-0.2, -0.15) is 0 Å². The van der Waals surface area contributed by atoms with Gasteiger partial charge in [0.25, 0.3) is 0 Å². The third-order valence-corrected chi connectivity index (χ3v) is 6.69. The second-order valence-corrected chi connectivity index (χ2v) is 8.66. The standard InChI is InChI=1S/C29H28N2/c1-19(30)21-11-15-23(16-12-21)29(24-17-13-22(14-18-24)20(2)31)27-9-5-3-7-25(27)26-8-4-6-10-28(26)29/h3-20H,30-31H2,1-2H3. The zero-order valence-corrected chi connectivity index (χ0v) is 18.0. The molecule has 0 saturated carbocycles. The van der Waals surface area contributed by atoms with E-state index in [-0.39, 0.29) is 17.5 Å². The molecule has 2 heteroatoms. The Kier molecular flexibility index (Phi) is 4.77. The highest BCUT2D eigenvalue weighted by Crippen LogP contribution is 2.55. The van der Waals surface area contributed by atoms with Gasteiger partial charge < -0.3 is 11.5 Å². The summed E-state index contributed by atoms with van der Waals surface area (Å²) in [5.74, 6) is 0. The summed E-state index contributed by atoms with van der Waals surface area (Å²) in [5, 5.41) is 0. The number of rotatable bonds is 4. The predicted octanol–water partition coefficient (Wildman–Crippen LogP) is 6.09. The number of nitrogens with two attached hydrogens (primary N) is 2. The summed E-state index contributed by atoms with van der Waals surface area (Å²) >= 11 is 0. The Labute approximate surface area is 184 Å². The second-order valence-electron chi connectivity index (χ2n) is 8.66. The molecule has 5 rings (SSSR count). The molecule has 0 spiro atoms. The van der Waals surface area contributed by atoms with E-state index in [1.807, 2.05) is 13.8 Å². The van der Waals surface area contributed by atoms with Crippen LogP contribution in [-0.2, 0) is 5.41 Å². The van der Waals surface area contributed by atoms with Gasteiger partial charge >= 0.3 is 0 Å². The number of benzene rings is 4. The van der Waals surface area contributed by atoms with Crippen molar-refractivity contribution in [2.75, 3.05) is 0 Å². The molecule has 2 nitrogen and oxygen atoms in total.